The monoisotopic (exact) mass is 271 g/mol. The highest BCUT2D eigenvalue weighted by atomic mass is 15.3. The molecule has 0 aliphatic carbocycles. The van der Waals surface area contributed by atoms with Gasteiger partial charge < -0.3 is 4.90 Å². The van der Waals surface area contributed by atoms with Crippen LogP contribution in [0.4, 0.5) is 0 Å². The highest BCUT2D eigenvalue weighted by Crippen LogP contribution is 2.32. The van der Waals surface area contributed by atoms with Crippen LogP contribution in [-0.2, 0) is 0 Å². The molecule has 0 aromatic carbocycles. The molecule has 5 heteroatoms. The highest BCUT2D eigenvalue weighted by Gasteiger charge is 2.30. The molecule has 4 rings (SSSR count). The molecular formula is C15H21N5. The first-order valence-corrected chi connectivity index (χ1v) is 7.58. The van der Waals surface area contributed by atoms with E-state index < -0.39 is 0 Å². The van der Waals surface area contributed by atoms with Crippen LogP contribution in [0.2, 0.25) is 0 Å². The van der Waals surface area contributed by atoms with Gasteiger partial charge in [-0.05, 0) is 51.5 Å². The lowest BCUT2D eigenvalue weighted by molar-refractivity contribution is 0.400. The summed E-state index contributed by atoms with van der Waals surface area (Å²) >= 11 is 0. The summed E-state index contributed by atoms with van der Waals surface area (Å²) in [6.07, 6.45) is 5.86. The maximum absolute atomic E-state index is 4.91. The summed E-state index contributed by atoms with van der Waals surface area (Å²) in [5.41, 5.74) is 2.07. The zero-order valence-corrected chi connectivity index (χ0v) is 11.9. The van der Waals surface area contributed by atoms with Gasteiger partial charge in [0.15, 0.2) is 5.65 Å². The third-order valence-electron chi connectivity index (χ3n) is 4.58. The molecule has 0 radical (unpaired) electrons. The molecule has 2 saturated heterocycles. The smallest absolute Gasteiger partial charge is 0.161 e. The second-order valence-electron chi connectivity index (χ2n) is 6.05. The number of likely N-dealkylation sites (tertiary alicyclic amines) is 1. The average Bonchev–Trinajstić information content (AvgIpc) is 3.15. The predicted molar refractivity (Wildman–Crippen MR) is 78.7 cm³/mol. The van der Waals surface area contributed by atoms with Crippen molar-refractivity contribution in [2.45, 2.75) is 31.3 Å². The number of nitrogens with zero attached hydrogens (tertiary/aromatic N) is 4. The third kappa shape index (κ3) is 1.93. The number of likely N-dealkylation sites (N-methyl/N-ethyl adjacent to an activating group) is 1. The zero-order chi connectivity index (χ0) is 13.5. The van der Waals surface area contributed by atoms with Gasteiger partial charge in [-0.2, -0.15) is 0 Å². The summed E-state index contributed by atoms with van der Waals surface area (Å²) in [7, 11) is 2.19. The number of hydrogen-bond donors (Lipinski definition) is 1. The van der Waals surface area contributed by atoms with E-state index in [4.69, 9.17) is 4.98 Å². The quantitative estimate of drug-likeness (QED) is 0.903. The van der Waals surface area contributed by atoms with E-state index in [1.807, 2.05) is 12.3 Å². The Kier molecular flexibility index (Phi) is 2.97. The number of fused-ring (bicyclic) bond motifs is 1. The van der Waals surface area contributed by atoms with Crippen LogP contribution in [-0.4, -0.2) is 46.1 Å². The van der Waals surface area contributed by atoms with E-state index in [1.54, 1.807) is 0 Å². The summed E-state index contributed by atoms with van der Waals surface area (Å²) in [5, 5.41) is 3.60. The Morgan fingerprint density at radius 1 is 1.35 bits per heavy atom. The lowest BCUT2D eigenvalue weighted by atomic mass is 10.1. The van der Waals surface area contributed by atoms with Crippen LogP contribution in [0.25, 0.3) is 11.2 Å². The van der Waals surface area contributed by atoms with Gasteiger partial charge in [-0.15, -0.1) is 0 Å². The van der Waals surface area contributed by atoms with Crippen LogP contribution in [0.5, 0.6) is 0 Å². The minimum atomic E-state index is 0.371. The molecule has 20 heavy (non-hydrogen) atoms. The molecule has 106 valence electrons. The van der Waals surface area contributed by atoms with Crippen molar-refractivity contribution in [3.8, 4) is 0 Å². The molecular weight excluding hydrogens is 250 g/mol. The van der Waals surface area contributed by atoms with Crippen LogP contribution in [0.3, 0.4) is 0 Å². The number of imidazole rings is 1. The van der Waals surface area contributed by atoms with Gasteiger partial charge in [0.05, 0.1) is 6.17 Å². The Hall–Kier alpha value is -1.46. The van der Waals surface area contributed by atoms with Gasteiger partial charge in [-0.25, -0.2) is 9.97 Å². The molecule has 0 amide bonds. The number of hydrogen-bond acceptors (Lipinski definition) is 4. The summed E-state index contributed by atoms with van der Waals surface area (Å²) in [4.78, 5) is 11.9. The molecule has 2 aliphatic heterocycles. The first kappa shape index (κ1) is 12.3. The number of nitrogens with one attached hydrogen (secondary N) is 1. The largest absolute Gasteiger partial charge is 0.306 e. The molecule has 0 saturated carbocycles. The lowest BCUT2D eigenvalue weighted by Gasteiger charge is -2.19. The standard InChI is InChI=1S/C15H21N5/c1-19-9-6-11(10-19)14-18-12-4-2-8-17-15(12)20(14)13-5-3-7-16-13/h2,4,8,11,13,16H,3,5-7,9-10H2,1H3. The van der Waals surface area contributed by atoms with Crippen molar-refractivity contribution in [2.24, 2.45) is 0 Å². The van der Waals surface area contributed by atoms with Crippen molar-refractivity contribution in [1.82, 2.24) is 24.8 Å². The third-order valence-corrected chi connectivity index (χ3v) is 4.58. The summed E-state index contributed by atoms with van der Waals surface area (Å²) in [5.74, 6) is 1.76. The number of aromatic nitrogens is 3. The Labute approximate surface area is 119 Å². The molecule has 2 unspecified atom stereocenters. The maximum atomic E-state index is 4.91. The Morgan fingerprint density at radius 3 is 3.05 bits per heavy atom. The summed E-state index contributed by atoms with van der Waals surface area (Å²) in [6, 6.07) is 4.06. The van der Waals surface area contributed by atoms with Crippen LogP contribution in [0.15, 0.2) is 18.3 Å². The number of rotatable bonds is 2. The van der Waals surface area contributed by atoms with Crippen molar-refractivity contribution in [2.75, 3.05) is 26.7 Å². The molecule has 0 bridgehead atoms. The van der Waals surface area contributed by atoms with Gasteiger partial charge in [0.2, 0.25) is 0 Å². The van der Waals surface area contributed by atoms with Crippen molar-refractivity contribution in [3.05, 3.63) is 24.2 Å². The Morgan fingerprint density at radius 2 is 2.30 bits per heavy atom. The van der Waals surface area contributed by atoms with Crippen LogP contribution in [0.1, 0.15) is 37.2 Å². The van der Waals surface area contributed by atoms with Crippen molar-refractivity contribution in [1.29, 1.82) is 0 Å². The molecule has 4 heterocycles. The SMILES string of the molecule is CN1CCC(c2nc3cccnc3n2C2CCCN2)C1. The molecule has 1 N–H and O–H groups in total. The van der Waals surface area contributed by atoms with E-state index in [1.165, 1.54) is 31.6 Å². The molecule has 0 spiro atoms. The summed E-state index contributed by atoms with van der Waals surface area (Å²) < 4.78 is 2.37. The number of pyridine rings is 1. The van der Waals surface area contributed by atoms with Gasteiger partial charge in [-0.3, -0.25) is 9.88 Å². The molecule has 5 nitrogen and oxygen atoms in total. The molecule has 2 aromatic rings. The fraction of sp³-hybridized carbons (Fsp3) is 0.600. The Balaban J connectivity index is 1.83. The predicted octanol–water partition coefficient (Wildman–Crippen LogP) is 1.73. The van der Waals surface area contributed by atoms with Crippen LogP contribution < -0.4 is 5.32 Å². The molecule has 2 aliphatic rings. The van der Waals surface area contributed by atoms with E-state index >= 15 is 0 Å². The normalized spacial score (nSPS) is 27.6. The van der Waals surface area contributed by atoms with E-state index in [9.17, 15) is 0 Å². The van der Waals surface area contributed by atoms with Crippen molar-refractivity contribution in [3.63, 3.8) is 0 Å². The van der Waals surface area contributed by atoms with E-state index in [2.05, 4.69) is 32.9 Å². The van der Waals surface area contributed by atoms with E-state index in [0.717, 1.165) is 24.3 Å². The lowest BCUT2D eigenvalue weighted by Crippen LogP contribution is -2.24. The minimum Gasteiger partial charge on any atom is -0.306 e. The molecule has 2 fully saturated rings. The Bertz CT molecular complexity index is 614. The fourth-order valence-corrected chi connectivity index (χ4v) is 3.57. The van der Waals surface area contributed by atoms with Crippen molar-refractivity contribution < 1.29 is 0 Å². The first-order chi connectivity index (χ1) is 9.83. The summed E-state index contributed by atoms with van der Waals surface area (Å²) in [6.45, 7) is 3.37. The van der Waals surface area contributed by atoms with Gasteiger partial charge in [0, 0.05) is 18.7 Å². The average molecular weight is 271 g/mol. The fourth-order valence-electron chi connectivity index (χ4n) is 3.57. The van der Waals surface area contributed by atoms with Gasteiger partial charge in [-0.1, -0.05) is 0 Å². The minimum absolute atomic E-state index is 0.371. The van der Waals surface area contributed by atoms with Crippen molar-refractivity contribution >= 4 is 11.2 Å². The zero-order valence-electron chi connectivity index (χ0n) is 11.9. The van der Waals surface area contributed by atoms with E-state index in [-0.39, 0.29) is 0 Å². The molecule has 2 atom stereocenters. The molecule has 2 aromatic heterocycles. The highest BCUT2D eigenvalue weighted by molar-refractivity contribution is 5.71. The second-order valence-corrected chi connectivity index (χ2v) is 6.05. The van der Waals surface area contributed by atoms with Crippen LogP contribution >= 0.6 is 0 Å². The van der Waals surface area contributed by atoms with Gasteiger partial charge >= 0.3 is 0 Å². The first-order valence-electron chi connectivity index (χ1n) is 7.58. The second kappa shape index (κ2) is 4.82. The van der Waals surface area contributed by atoms with Crippen LogP contribution in [0, 0.1) is 0 Å². The van der Waals surface area contributed by atoms with E-state index in [0.29, 0.717) is 12.1 Å². The topological polar surface area (TPSA) is 46.0 Å². The van der Waals surface area contributed by atoms with Gasteiger partial charge in [0.25, 0.3) is 0 Å². The van der Waals surface area contributed by atoms with Gasteiger partial charge in [0.1, 0.15) is 11.3 Å². The maximum Gasteiger partial charge on any atom is 0.161 e.